The number of likely N-dealkylation sites (tertiary alicyclic amines) is 1. The zero-order valence-corrected chi connectivity index (χ0v) is 15.6. The molecule has 2 aromatic heterocycles. The van der Waals surface area contributed by atoms with Gasteiger partial charge < -0.3 is 4.90 Å². The van der Waals surface area contributed by atoms with Crippen molar-refractivity contribution < 1.29 is 4.79 Å². The van der Waals surface area contributed by atoms with Crippen molar-refractivity contribution in [2.24, 2.45) is 5.92 Å². The molecule has 1 fully saturated rings. The molecule has 0 spiro atoms. The highest BCUT2D eigenvalue weighted by atomic mass is 16.2. The average Bonchev–Trinajstić information content (AvgIpc) is 2.93. The van der Waals surface area contributed by atoms with Crippen molar-refractivity contribution in [3.05, 3.63) is 65.9 Å². The highest BCUT2D eigenvalue weighted by molar-refractivity contribution is 5.92. The number of carbonyl (C=O) groups excluding carboxylic acids is 1. The van der Waals surface area contributed by atoms with Gasteiger partial charge in [-0.25, -0.2) is 4.98 Å². The fraction of sp³-hybridized carbons (Fsp3) is 0.364. The zero-order chi connectivity index (χ0) is 18.6. The van der Waals surface area contributed by atoms with Crippen LogP contribution in [0.4, 0.5) is 0 Å². The highest BCUT2D eigenvalue weighted by Crippen LogP contribution is 2.24. The fourth-order valence-corrected chi connectivity index (χ4v) is 3.82. The lowest BCUT2D eigenvalue weighted by Crippen LogP contribution is -2.32. The number of carbonyl (C=O) groups is 1. The predicted molar refractivity (Wildman–Crippen MR) is 105 cm³/mol. The first-order valence-corrected chi connectivity index (χ1v) is 9.60. The molecule has 1 aliphatic heterocycles. The molecule has 0 saturated carbocycles. The molecule has 138 valence electrons. The number of benzene rings is 1. The van der Waals surface area contributed by atoms with Gasteiger partial charge in [0.05, 0.1) is 17.4 Å². The van der Waals surface area contributed by atoms with E-state index in [2.05, 4.69) is 39.2 Å². The zero-order valence-electron chi connectivity index (χ0n) is 15.6. The summed E-state index contributed by atoms with van der Waals surface area (Å²) in [5, 5.41) is 1.19. The number of aromatic nitrogens is 3. The van der Waals surface area contributed by atoms with Gasteiger partial charge in [0.25, 0.3) is 5.91 Å². The van der Waals surface area contributed by atoms with E-state index in [9.17, 15) is 4.79 Å². The van der Waals surface area contributed by atoms with Gasteiger partial charge in [-0.3, -0.25) is 14.8 Å². The number of nitrogens with zero attached hydrogens (tertiary/aromatic N) is 4. The highest BCUT2D eigenvalue weighted by Gasteiger charge is 2.22. The molecule has 5 heteroatoms. The van der Waals surface area contributed by atoms with Gasteiger partial charge in [-0.05, 0) is 62.3 Å². The smallest absolute Gasteiger partial charge is 0.274 e. The summed E-state index contributed by atoms with van der Waals surface area (Å²) in [6.45, 7) is 3.46. The molecule has 1 saturated heterocycles. The molecule has 0 bridgehead atoms. The lowest BCUT2D eigenvalue weighted by molar-refractivity contribution is 0.0753. The predicted octanol–water partition coefficient (Wildman–Crippen LogP) is 3.82. The van der Waals surface area contributed by atoms with Gasteiger partial charge in [0.1, 0.15) is 5.69 Å². The molecule has 3 heterocycles. The van der Waals surface area contributed by atoms with Crippen molar-refractivity contribution in [2.75, 3.05) is 13.1 Å². The minimum Gasteiger partial charge on any atom is -0.337 e. The third kappa shape index (κ3) is 4.13. The summed E-state index contributed by atoms with van der Waals surface area (Å²) in [6, 6.07) is 10.6. The van der Waals surface area contributed by atoms with Crippen molar-refractivity contribution in [3.8, 4) is 0 Å². The molecule has 0 radical (unpaired) electrons. The standard InChI is InChI=1S/C22H24N4O/c1-16-14-25-21(15-24-16)22(27)26-10-3-4-17(8-11-26)12-18-6-7-20-19(13-18)5-2-9-23-20/h2,5-7,9,13-15,17H,3-4,8,10-12H2,1H3/t17-/m0/s1. The summed E-state index contributed by atoms with van der Waals surface area (Å²) in [4.78, 5) is 27.5. The molecule has 0 N–H and O–H groups in total. The normalized spacial score (nSPS) is 17.7. The van der Waals surface area contributed by atoms with Crippen molar-refractivity contribution in [1.29, 1.82) is 0 Å². The Kier molecular flexibility index (Phi) is 5.10. The lowest BCUT2D eigenvalue weighted by Gasteiger charge is -2.20. The number of hydrogen-bond acceptors (Lipinski definition) is 4. The Morgan fingerprint density at radius 2 is 2.04 bits per heavy atom. The van der Waals surface area contributed by atoms with Crippen molar-refractivity contribution in [3.63, 3.8) is 0 Å². The number of rotatable bonds is 3. The average molecular weight is 360 g/mol. The van der Waals surface area contributed by atoms with E-state index in [0.29, 0.717) is 11.6 Å². The van der Waals surface area contributed by atoms with Gasteiger partial charge in [0.2, 0.25) is 0 Å². The Morgan fingerprint density at radius 1 is 1.11 bits per heavy atom. The molecule has 4 rings (SSSR count). The summed E-state index contributed by atoms with van der Waals surface area (Å²) in [5.41, 5.74) is 3.66. The molecular weight excluding hydrogens is 336 g/mol. The number of hydrogen-bond donors (Lipinski definition) is 0. The maximum Gasteiger partial charge on any atom is 0.274 e. The molecule has 5 nitrogen and oxygen atoms in total. The molecule has 1 amide bonds. The number of pyridine rings is 1. The van der Waals surface area contributed by atoms with Gasteiger partial charge in [-0.1, -0.05) is 12.1 Å². The van der Waals surface area contributed by atoms with Gasteiger partial charge in [0, 0.05) is 30.9 Å². The Balaban J connectivity index is 1.40. The third-order valence-electron chi connectivity index (χ3n) is 5.33. The molecule has 3 aromatic rings. The second-order valence-electron chi connectivity index (χ2n) is 7.37. The quantitative estimate of drug-likeness (QED) is 0.712. The Labute approximate surface area is 159 Å². The third-order valence-corrected chi connectivity index (χ3v) is 5.33. The van der Waals surface area contributed by atoms with E-state index in [0.717, 1.165) is 50.0 Å². The van der Waals surface area contributed by atoms with Crippen LogP contribution >= 0.6 is 0 Å². The number of amides is 1. The first kappa shape index (κ1) is 17.6. The molecule has 1 atom stereocenters. The van der Waals surface area contributed by atoms with E-state index >= 15 is 0 Å². The maximum atomic E-state index is 12.7. The fourth-order valence-electron chi connectivity index (χ4n) is 3.82. The van der Waals surface area contributed by atoms with Gasteiger partial charge in [-0.15, -0.1) is 0 Å². The Morgan fingerprint density at radius 3 is 2.89 bits per heavy atom. The summed E-state index contributed by atoms with van der Waals surface area (Å²) in [7, 11) is 0. The summed E-state index contributed by atoms with van der Waals surface area (Å²) >= 11 is 0. The van der Waals surface area contributed by atoms with Gasteiger partial charge in [-0.2, -0.15) is 0 Å². The van der Waals surface area contributed by atoms with E-state index in [1.807, 2.05) is 24.1 Å². The van der Waals surface area contributed by atoms with E-state index < -0.39 is 0 Å². The number of aryl methyl sites for hydroxylation is 1. The molecule has 27 heavy (non-hydrogen) atoms. The van der Waals surface area contributed by atoms with E-state index in [4.69, 9.17) is 0 Å². The molecular formula is C22H24N4O. The minimum absolute atomic E-state index is 0.0000653. The van der Waals surface area contributed by atoms with E-state index in [-0.39, 0.29) is 5.91 Å². The van der Waals surface area contributed by atoms with Gasteiger partial charge in [0.15, 0.2) is 0 Å². The maximum absolute atomic E-state index is 12.7. The van der Waals surface area contributed by atoms with Crippen LogP contribution in [0.2, 0.25) is 0 Å². The summed E-state index contributed by atoms with van der Waals surface area (Å²) in [5.74, 6) is 0.598. The first-order valence-electron chi connectivity index (χ1n) is 9.60. The van der Waals surface area contributed by atoms with Crippen molar-refractivity contribution in [1.82, 2.24) is 19.9 Å². The van der Waals surface area contributed by atoms with E-state index in [1.54, 1.807) is 12.4 Å². The minimum atomic E-state index is -0.0000653. The largest absolute Gasteiger partial charge is 0.337 e. The molecule has 1 aliphatic rings. The van der Waals surface area contributed by atoms with Crippen LogP contribution in [0.15, 0.2) is 48.9 Å². The molecule has 1 aromatic carbocycles. The molecule has 0 aliphatic carbocycles. The summed E-state index contributed by atoms with van der Waals surface area (Å²) in [6.07, 6.45) is 9.33. The van der Waals surface area contributed by atoms with Crippen molar-refractivity contribution >= 4 is 16.8 Å². The first-order chi connectivity index (χ1) is 13.2. The van der Waals surface area contributed by atoms with Crippen molar-refractivity contribution in [2.45, 2.75) is 32.6 Å². The Bertz CT molecular complexity index is 938. The Hall–Kier alpha value is -2.82. The topological polar surface area (TPSA) is 59.0 Å². The van der Waals surface area contributed by atoms with Crippen LogP contribution in [0.5, 0.6) is 0 Å². The van der Waals surface area contributed by atoms with Crippen LogP contribution in [0.3, 0.4) is 0 Å². The van der Waals surface area contributed by atoms with Crippen LogP contribution in [0, 0.1) is 12.8 Å². The monoisotopic (exact) mass is 360 g/mol. The second kappa shape index (κ2) is 7.82. The summed E-state index contributed by atoms with van der Waals surface area (Å²) < 4.78 is 0. The lowest BCUT2D eigenvalue weighted by atomic mass is 9.92. The van der Waals surface area contributed by atoms with E-state index in [1.165, 1.54) is 10.9 Å². The number of fused-ring (bicyclic) bond motifs is 1. The van der Waals surface area contributed by atoms with Crippen LogP contribution in [0.1, 0.15) is 41.0 Å². The van der Waals surface area contributed by atoms with Crippen LogP contribution < -0.4 is 0 Å². The second-order valence-corrected chi connectivity index (χ2v) is 7.37. The SMILES string of the molecule is Cc1cnc(C(=O)N2CCC[C@H](Cc3ccc4ncccc4c3)CC2)cn1. The van der Waals surface area contributed by atoms with Crippen LogP contribution in [-0.2, 0) is 6.42 Å². The van der Waals surface area contributed by atoms with Crippen LogP contribution in [0.25, 0.3) is 10.9 Å². The van der Waals surface area contributed by atoms with Gasteiger partial charge >= 0.3 is 0 Å². The molecule has 0 unspecified atom stereocenters. The van der Waals surface area contributed by atoms with Crippen LogP contribution in [-0.4, -0.2) is 38.8 Å².